The third-order valence-electron chi connectivity index (χ3n) is 4.52. The van der Waals surface area contributed by atoms with Crippen LogP contribution in [0.1, 0.15) is 23.8 Å². The average molecular weight is 400 g/mol. The minimum absolute atomic E-state index is 0.213. The van der Waals surface area contributed by atoms with Crippen molar-refractivity contribution in [3.8, 4) is 5.75 Å². The summed E-state index contributed by atoms with van der Waals surface area (Å²) in [5, 5.41) is 11.2. The maximum atomic E-state index is 10.5. The molecule has 0 saturated heterocycles. The number of hydrogen-bond acceptors (Lipinski definition) is 4. The molecule has 1 heterocycles. The SMILES string of the molecule is CCc1ccc(CN(Cc2ccco2)CC(O)COc2ccc(Cl)cc2)cc1. The van der Waals surface area contributed by atoms with Crippen LogP contribution in [0.25, 0.3) is 0 Å². The normalized spacial score (nSPS) is 12.3. The van der Waals surface area contributed by atoms with Crippen LogP contribution in [0.3, 0.4) is 0 Å². The van der Waals surface area contributed by atoms with Crippen molar-refractivity contribution in [2.45, 2.75) is 32.5 Å². The first-order chi connectivity index (χ1) is 13.6. The van der Waals surface area contributed by atoms with Gasteiger partial charge in [-0.1, -0.05) is 42.8 Å². The smallest absolute Gasteiger partial charge is 0.119 e. The number of aliphatic hydroxyl groups excluding tert-OH is 1. The Morgan fingerprint density at radius 3 is 2.36 bits per heavy atom. The molecule has 0 aliphatic carbocycles. The molecule has 0 aliphatic rings. The van der Waals surface area contributed by atoms with Crippen LogP contribution in [0.5, 0.6) is 5.75 Å². The number of hydrogen-bond donors (Lipinski definition) is 1. The van der Waals surface area contributed by atoms with Crippen LogP contribution < -0.4 is 4.74 Å². The topological polar surface area (TPSA) is 45.8 Å². The highest BCUT2D eigenvalue weighted by atomic mass is 35.5. The van der Waals surface area contributed by atoms with Gasteiger partial charge in [-0.3, -0.25) is 4.90 Å². The Morgan fingerprint density at radius 1 is 1.00 bits per heavy atom. The van der Waals surface area contributed by atoms with Gasteiger partial charge in [0.05, 0.1) is 12.8 Å². The maximum absolute atomic E-state index is 10.5. The lowest BCUT2D eigenvalue weighted by atomic mass is 10.1. The Kier molecular flexibility index (Phi) is 7.54. The fourth-order valence-electron chi connectivity index (χ4n) is 3.02. The van der Waals surface area contributed by atoms with E-state index in [1.54, 1.807) is 30.5 Å². The number of benzene rings is 2. The molecule has 0 saturated carbocycles. The summed E-state index contributed by atoms with van der Waals surface area (Å²) < 4.78 is 11.2. The van der Waals surface area contributed by atoms with Crippen LogP contribution in [0.4, 0.5) is 0 Å². The Hall–Kier alpha value is -2.27. The van der Waals surface area contributed by atoms with Gasteiger partial charge in [-0.15, -0.1) is 0 Å². The van der Waals surface area contributed by atoms with Gasteiger partial charge < -0.3 is 14.3 Å². The summed E-state index contributed by atoms with van der Waals surface area (Å²) >= 11 is 5.89. The zero-order valence-corrected chi connectivity index (χ0v) is 16.8. The van der Waals surface area contributed by atoms with Crippen LogP contribution in [0, 0.1) is 0 Å². The van der Waals surface area contributed by atoms with Crippen molar-refractivity contribution in [3.05, 3.63) is 88.8 Å². The summed E-state index contributed by atoms with van der Waals surface area (Å²) in [6, 6.07) is 19.6. The predicted molar refractivity (Wildman–Crippen MR) is 112 cm³/mol. The lowest BCUT2D eigenvalue weighted by Gasteiger charge is -2.24. The number of halogens is 1. The fourth-order valence-corrected chi connectivity index (χ4v) is 3.15. The highest BCUT2D eigenvalue weighted by molar-refractivity contribution is 6.30. The monoisotopic (exact) mass is 399 g/mol. The van der Waals surface area contributed by atoms with Gasteiger partial charge in [0.2, 0.25) is 0 Å². The molecule has 28 heavy (non-hydrogen) atoms. The summed E-state index contributed by atoms with van der Waals surface area (Å²) in [6.07, 6.45) is 2.07. The number of rotatable bonds is 10. The molecule has 148 valence electrons. The average Bonchev–Trinajstić information content (AvgIpc) is 3.21. The van der Waals surface area contributed by atoms with E-state index in [0.29, 0.717) is 23.9 Å². The van der Waals surface area contributed by atoms with Crippen molar-refractivity contribution in [3.63, 3.8) is 0 Å². The summed E-state index contributed by atoms with van der Waals surface area (Å²) in [6.45, 7) is 4.19. The first-order valence-corrected chi connectivity index (χ1v) is 9.89. The van der Waals surface area contributed by atoms with Crippen molar-refractivity contribution in [2.24, 2.45) is 0 Å². The summed E-state index contributed by atoms with van der Waals surface area (Å²) in [4.78, 5) is 2.16. The van der Waals surface area contributed by atoms with E-state index < -0.39 is 6.10 Å². The van der Waals surface area contributed by atoms with Gasteiger partial charge in [0.1, 0.15) is 24.2 Å². The number of furan rings is 1. The van der Waals surface area contributed by atoms with Gasteiger partial charge in [-0.25, -0.2) is 0 Å². The molecular formula is C23H26ClNO3. The molecule has 0 fully saturated rings. The first-order valence-electron chi connectivity index (χ1n) is 9.51. The fraction of sp³-hybridized carbons (Fsp3) is 0.304. The van der Waals surface area contributed by atoms with Gasteiger partial charge >= 0.3 is 0 Å². The van der Waals surface area contributed by atoms with Crippen LogP contribution in [0.2, 0.25) is 5.02 Å². The molecule has 4 nitrogen and oxygen atoms in total. The van der Waals surface area contributed by atoms with Crippen LogP contribution in [-0.4, -0.2) is 29.3 Å². The molecule has 1 atom stereocenters. The first kappa shape index (κ1) is 20.5. The van der Waals surface area contributed by atoms with E-state index in [1.165, 1.54) is 11.1 Å². The van der Waals surface area contributed by atoms with Gasteiger partial charge in [0, 0.05) is 18.1 Å². The van der Waals surface area contributed by atoms with Crippen LogP contribution >= 0.6 is 11.6 Å². The van der Waals surface area contributed by atoms with Crippen molar-refractivity contribution < 1.29 is 14.3 Å². The van der Waals surface area contributed by atoms with E-state index in [0.717, 1.165) is 18.7 Å². The van der Waals surface area contributed by atoms with Gasteiger partial charge in [0.15, 0.2) is 0 Å². The van der Waals surface area contributed by atoms with Crippen LogP contribution in [-0.2, 0) is 19.5 Å². The molecule has 0 bridgehead atoms. The zero-order valence-electron chi connectivity index (χ0n) is 16.1. The second-order valence-electron chi connectivity index (χ2n) is 6.84. The predicted octanol–water partition coefficient (Wildman–Crippen LogP) is 4.94. The number of ether oxygens (including phenoxy) is 1. The van der Waals surface area contributed by atoms with Crippen molar-refractivity contribution in [1.82, 2.24) is 4.90 Å². The number of aliphatic hydroxyl groups is 1. The number of aryl methyl sites for hydroxylation is 1. The van der Waals surface area contributed by atoms with Crippen molar-refractivity contribution in [1.29, 1.82) is 0 Å². The summed E-state index contributed by atoms with van der Waals surface area (Å²) in [5.41, 5.74) is 2.52. The lowest BCUT2D eigenvalue weighted by molar-refractivity contribution is 0.0604. The van der Waals surface area contributed by atoms with E-state index >= 15 is 0 Å². The molecular weight excluding hydrogens is 374 g/mol. The third kappa shape index (κ3) is 6.41. The molecule has 0 aliphatic heterocycles. The molecule has 3 rings (SSSR count). The van der Waals surface area contributed by atoms with Crippen LogP contribution in [0.15, 0.2) is 71.3 Å². The van der Waals surface area contributed by atoms with Crippen molar-refractivity contribution in [2.75, 3.05) is 13.2 Å². The third-order valence-corrected chi connectivity index (χ3v) is 4.77. The minimum atomic E-state index is -0.624. The van der Waals surface area contributed by atoms with E-state index in [2.05, 4.69) is 36.1 Å². The molecule has 2 aromatic carbocycles. The van der Waals surface area contributed by atoms with Gasteiger partial charge in [0.25, 0.3) is 0 Å². The Morgan fingerprint density at radius 2 is 1.71 bits per heavy atom. The Bertz CT molecular complexity index is 816. The molecule has 0 radical (unpaired) electrons. The maximum Gasteiger partial charge on any atom is 0.119 e. The zero-order chi connectivity index (χ0) is 19.8. The quantitative estimate of drug-likeness (QED) is 0.524. The summed E-state index contributed by atoms with van der Waals surface area (Å²) in [5.74, 6) is 1.56. The van der Waals surface area contributed by atoms with Gasteiger partial charge in [-0.2, -0.15) is 0 Å². The number of nitrogens with zero attached hydrogens (tertiary/aromatic N) is 1. The summed E-state index contributed by atoms with van der Waals surface area (Å²) in [7, 11) is 0. The van der Waals surface area contributed by atoms with E-state index in [4.69, 9.17) is 20.8 Å². The van der Waals surface area contributed by atoms with Crippen molar-refractivity contribution >= 4 is 11.6 Å². The second-order valence-corrected chi connectivity index (χ2v) is 7.27. The van der Waals surface area contributed by atoms with E-state index in [1.807, 2.05) is 12.1 Å². The molecule has 0 spiro atoms. The Labute approximate surface area is 171 Å². The highest BCUT2D eigenvalue weighted by Gasteiger charge is 2.15. The molecule has 1 unspecified atom stereocenters. The standard InChI is InChI=1S/C23H26ClNO3/c1-2-18-5-7-19(8-6-18)14-25(16-23-4-3-13-27-23)15-21(26)17-28-22-11-9-20(24)10-12-22/h3-13,21,26H,2,14-17H2,1H3. The second kappa shape index (κ2) is 10.3. The van der Waals surface area contributed by atoms with Gasteiger partial charge in [-0.05, 0) is 53.9 Å². The molecule has 0 amide bonds. The van der Waals surface area contributed by atoms with E-state index in [9.17, 15) is 5.11 Å². The lowest BCUT2D eigenvalue weighted by Crippen LogP contribution is -2.35. The molecule has 1 aromatic heterocycles. The molecule has 3 aromatic rings. The Balaban J connectivity index is 1.59. The largest absolute Gasteiger partial charge is 0.491 e. The minimum Gasteiger partial charge on any atom is -0.491 e. The van der Waals surface area contributed by atoms with E-state index in [-0.39, 0.29) is 6.61 Å². The molecule has 5 heteroatoms. The molecule has 1 N–H and O–H groups in total. The highest BCUT2D eigenvalue weighted by Crippen LogP contribution is 2.16.